The van der Waals surface area contributed by atoms with Gasteiger partial charge in [0.2, 0.25) is 0 Å². The maximum Gasteiger partial charge on any atom is 0 e. The first-order chi connectivity index (χ1) is 8.25. The maximum atomic E-state index is 2.46. The van der Waals surface area contributed by atoms with E-state index in [-0.39, 0.29) is 2.85 Å². The van der Waals surface area contributed by atoms with Crippen molar-refractivity contribution in [2.24, 2.45) is 23.7 Å². The van der Waals surface area contributed by atoms with Crippen molar-refractivity contribution < 1.29 is 2.85 Å². The Bertz CT molecular complexity index is 207. The van der Waals surface area contributed by atoms with Crippen molar-refractivity contribution in [3.63, 3.8) is 0 Å². The van der Waals surface area contributed by atoms with Crippen LogP contribution in [0.4, 0.5) is 0 Å². The van der Waals surface area contributed by atoms with Gasteiger partial charge in [0.05, 0.1) is 0 Å². The minimum atomic E-state index is 0. The summed E-state index contributed by atoms with van der Waals surface area (Å²) in [7, 11) is 0. The zero-order valence-electron chi connectivity index (χ0n) is 12.1. The highest BCUT2D eigenvalue weighted by atomic mass is 14.3. The van der Waals surface area contributed by atoms with Gasteiger partial charge in [-0.15, -0.1) is 0 Å². The van der Waals surface area contributed by atoms with Crippen LogP contribution in [0.1, 0.15) is 87.3 Å². The summed E-state index contributed by atoms with van der Waals surface area (Å²) in [5.41, 5.74) is 0. The van der Waals surface area contributed by atoms with E-state index in [1.807, 2.05) is 0 Å². The average molecular weight is 240 g/mol. The van der Waals surface area contributed by atoms with Crippen LogP contribution in [0.25, 0.3) is 0 Å². The van der Waals surface area contributed by atoms with Crippen LogP contribution < -0.4 is 0 Å². The van der Waals surface area contributed by atoms with Crippen molar-refractivity contribution in [1.29, 1.82) is 0 Å². The van der Waals surface area contributed by atoms with Crippen LogP contribution >= 0.6 is 0 Å². The van der Waals surface area contributed by atoms with Crippen molar-refractivity contribution in [1.82, 2.24) is 0 Å². The molecule has 17 heavy (non-hydrogen) atoms. The lowest BCUT2D eigenvalue weighted by Gasteiger charge is -2.29. The third-order valence-corrected chi connectivity index (χ3v) is 5.51. The Morgan fingerprint density at radius 3 is 1.47 bits per heavy atom. The summed E-state index contributed by atoms with van der Waals surface area (Å²) < 4.78 is 0. The molecule has 2 aliphatic carbocycles. The lowest BCUT2D eigenvalue weighted by atomic mass is 9.77. The first kappa shape index (κ1) is 13.4. The molecule has 0 heterocycles. The SMILES string of the molecule is CC1CCCC(C2CCCC(C)CC2)CCC1.[HH].[HH]. The minimum Gasteiger partial charge on any atom is -0.0625 e. The first-order valence-corrected chi connectivity index (χ1v) is 8.25. The largest absolute Gasteiger partial charge is 0.0625 e. The molecule has 104 valence electrons. The van der Waals surface area contributed by atoms with E-state index in [2.05, 4.69) is 13.8 Å². The van der Waals surface area contributed by atoms with Crippen LogP contribution in [-0.4, -0.2) is 0 Å². The number of hydrogen-bond donors (Lipinski definition) is 0. The molecular formula is C17H36. The normalized spacial score (nSPS) is 41.3. The van der Waals surface area contributed by atoms with Crippen molar-refractivity contribution in [2.75, 3.05) is 0 Å². The van der Waals surface area contributed by atoms with E-state index in [1.54, 1.807) is 25.7 Å². The van der Waals surface area contributed by atoms with Crippen molar-refractivity contribution >= 4 is 0 Å². The molecule has 2 saturated carbocycles. The van der Waals surface area contributed by atoms with Crippen molar-refractivity contribution in [3.05, 3.63) is 0 Å². The predicted octanol–water partition coefficient (Wildman–Crippen LogP) is 6.30. The van der Waals surface area contributed by atoms with Gasteiger partial charge in [0.25, 0.3) is 0 Å². The molecule has 0 aromatic carbocycles. The highest BCUT2D eigenvalue weighted by Crippen LogP contribution is 2.38. The lowest BCUT2D eigenvalue weighted by molar-refractivity contribution is 0.226. The fourth-order valence-corrected chi connectivity index (χ4v) is 4.20. The second-order valence-corrected chi connectivity index (χ2v) is 7.10. The van der Waals surface area contributed by atoms with Gasteiger partial charge < -0.3 is 0 Å². The summed E-state index contributed by atoms with van der Waals surface area (Å²) in [4.78, 5) is 0. The first-order valence-electron chi connectivity index (χ1n) is 8.25. The molecule has 0 aromatic heterocycles. The highest BCUT2D eigenvalue weighted by Gasteiger charge is 2.25. The van der Waals surface area contributed by atoms with Crippen LogP contribution in [-0.2, 0) is 0 Å². The molecule has 0 aromatic rings. The summed E-state index contributed by atoms with van der Waals surface area (Å²) in [5.74, 6) is 4.19. The Kier molecular flexibility index (Phi) is 5.38. The predicted molar refractivity (Wildman–Crippen MR) is 80.3 cm³/mol. The zero-order valence-corrected chi connectivity index (χ0v) is 12.1. The van der Waals surface area contributed by atoms with Gasteiger partial charge in [0.1, 0.15) is 0 Å². The van der Waals surface area contributed by atoms with Gasteiger partial charge in [-0.3, -0.25) is 0 Å². The minimum absolute atomic E-state index is 0. The summed E-state index contributed by atoms with van der Waals surface area (Å²) >= 11 is 0. The highest BCUT2D eigenvalue weighted by molar-refractivity contribution is 4.77. The van der Waals surface area contributed by atoms with Crippen molar-refractivity contribution in [3.8, 4) is 0 Å². The molecule has 0 nitrogen and oxygen atoms in total. The second-order valence-electron chi connectivity index (χ2n) is 7.10. The van der Waals surface area contributed by atoms with Crippen molar-refractivity contribution in [2.45, 2.75) is 84.5 Å². The van der Waals surface area contributed by atoms with Gasteiger partial charge in [0.15, 0.2) is 0 Å². The monoisotopic (exact) mass is 240 g/mol. The molecule has 0 amide bonds. The maximum absolute atomic E-state index is 2.46. The van der Waals surface area contributed by atoms with Gasteiger partial charge in [-0.05, 0) is 30.1 Å². The van der Waals surface area contributed by atoms with Crippen LogP contribution in [0.5, 0.6) is 0 Å². The van der Waals surface area contributed by atoms with Gasteiger partial charge in [-0.25, -0.2) is 0 Å². The molecule has 0 saturated heterocycles. The van der Waals surface area contributed by atoms with Gasteiger partial charge in [0, 0.05) is 2.85 Å². The molecule has 0 heteroatoms. The van der Waals surface area contributed by atoms with Crippen LogP contribution in [0.15, 0.2) is 0 Å². The Balaban J connectivity index is 0.00000162. The molecule has 0 N–H and O–H groups in total. The summed E-state index contributed by atoms with van der Waals surface area (Å²) in [5, 5.41) is 0. The fraction of sp³-hybridized carbons (Fsp3) is 1.00. The molecule has 2 fully saturated rings. The Morgan fingerprint density at radius 2 is 0.941 bits per heavy atom. The molecule has 0 spiro atoms. The van der Waals surface area contributed by atoms with E-state index >= 15 is 0 Å². The summed E-state index contributed by atoms with van der Waals surface area (Å²) in [6.45, 7) is 4.91. The molecular weight excluding hydrogens is 204 g/mol. The van der Waals surface area contributed by atoms with Gasteiger partial charge in [-0.2, -0.15) is 0 Å². The Labute approximate surface area is 112 Å². The van der Waals surface area contributed by atoms with E-state index in [4.69, 9.17) is 0 Å². The zero-order chi connectivity index (χ0) is 12.1. The standard InChI is InChI=1S/C17H32.2H2/c1-14-6-3-9-16(10-4-7-14)17-11-5-8-15(2)12-13-17;;/h14-17H,3-13H2,1-2H3;2*1H. The second kappa shape index (κ2) is 6.81. The Hall–Kier alpha value is 0. The lowest BCUT2D eigenvalue weighted by Crippen LogP contribution is -2.17. The molecule has 2 aliphatic rings. The Morgan fingerprint density at radius 1 is 0.529 bits per heavy atom. The third kappa shape index (κ3) is 4.30. The van der Waals surface area contributed by atoms with E-state index in [0.717, 1.165) is 23.7 Å². The van der Waals surface area contributed by atoms with E-state index < -0.39 is 0 Å². The quantitative estimate of drug-likeness (QED) is 0.472. The summed E-state index contributed by atoms with van der Waals surface area (Å²) in [6, 6.07) is 0. The number of hydrogen-bond acceptors (Lipinski definition) is 0. The van der Waals surface area contributed by atoms with Crippen LogP contribution in [0, 0.1) is 23.7 Å². The molecule has 2 atom stereocenters. The smallest absolute Gasteiger partial charge is 0 e. The molecule has 0 bridgehead atoms. The van der Waals surface area contributed by atoms with Gasteiger partial charge >= 0.3 is 0 Å². The van der Waals surface area contributed by atoms with Gasteiger partial charge in [-0.1, -0.05) is 78.1 Å². The topological polar surface area (TPSA) is 0 Å². The third-order valence-electron chi connectivity index (χ3n) is 5.51. The number of rotatable bonds is 1. The van der Waals surface area contributed by atoms with Crippen LogP contribution in [0.3, 0.4) is 0 Å². The van der Waals surface area contributed by atoms with Crippen LogP contribution in [0.2, 0.25) is 0 Å². The molecule has 2 unspecified atom stereocenters. The molecule has 2 rings (SSSR count). The molecule has 0 aliphatic heterocycles. The van der Waals surface area contributed by atoms with E-state index in [9.17, 15) is 0 Å². The summed E-state index contributed by atoms with van der Waals surface area (Å²) in [6.07, 6.45) is 16.7. The van der Waals surface area contributed by atoms with E-state index in [0.29, 0.717) is 0 Å². The average Bonchev–Trinajstić information content (AvgIpc) is 2.48. The fourth-order valence-electron chi connectivity index (χ4n) is 4.20. The van der Waals surface area contributed by atoms with E-state index in [1.165, 1.54) is 44.9 Å². The molecule has 0 radical (unpaired) electrons.